The molecule has 126 valence electrons. The second-order valence-corrected chi connectivity index (χ2v) is 5.53. The molecule has 0 radical (unpaired) electrons. The molecule has 2 aromatic rings. The van der Waals surface area contributed by atoms with Crippen molar-refractivity contribution in [1.82, 2.24) is 14.9 Å². The van der Waals surface area contributed by atoms with Gasteiger partial charge >= 0.3 is 0 Å². The Morgan fingerprint density at radius 2 is 2.42 bits per heavy atom. The van der Waals surface area contributed by atoms with Crippen LogP contribution in [-0.4, -0.2) is 40.3 Å². The number of H-pyrrole nitrogens is 1. The van der Waals surface area contributed by atoms with Crippen molar-refractivity contribution < 1.29 is 19.4 Å². The highest BCUT2D eigenvalue weighted by Crippen LogP contribution is 2.27. The van der Waals surface area contributed by atoms with E-state index >= 15 is 0 Å². The summed E-state index contributed by atoms with van der Waals surface area (Å²) in [7, 11) is 0. The fraction of sp³-hybridized carbons (Fsp3) is 0.333. The molecule has 1 aliphatic heterocycles. The summed E-state index contributed by atoms with van der Waals surface area (Å²) in [5, 5.41) is 21.8. The molecule has 0 spiro atoms. The van der Waals surface area contributed by atoms with Crippen molar-refractivity contribution in [3.05, 3.63) is 40.4 Å². The molecule has 9 heteroatoms. The van der Waals surface area contributed by atoms with Crippen LogP contribution in [0.2, 0.25) is 0 Å². The Bertz CT molecular complexity index is 808. The number of aromatic nitrogens is 3. The molecule has 0 amide bonds. The number of benzene rings is 1. The van der Waals surface area contributed by atoms with Crippen molar-refractivity contribution in [3.8, 4) is 5.75 Å². The maximum Gasteiger partial charge on any atom is 0.216 e. The fourth-order valence-corrected chi connectivity index (χ4v) is 2.57. The van der Waals surface area contributed by atoms with E-state index < -0.39 is 12.6 Å². The van der Waals surface area contributed by atoms with Gasteiger partial charge in [0, 0.05) is 12.2 Å². The molecule has 1 saturated heterocycles. The average molecular weight is 347 g/mol. The summed E-state index contributed by atoms with van der Waals surface area (Å²) >= 11 is 5.20. The zero-order valence-electron chi connectivity index (χ0n) is 12.7. The monoisotopic (exact) mass is 347 g/mol. The molecule has 0 aliphatic carbocycles. The van der Waals surface area contributed by atoms with Gasteiger partial charge in [-0.15, -0.1) is 0 Å². The van der Waals surface area contributed by atoms with Crippen molar-refractivity contribution in [3.63, 3.8) is 0 Å². The summed E-state index contributed by atoms with van der Waals surface area (Å²) in [5.74, 6) is -0.291. The molecule has 2 heterocycles. The van der Waals surface area contributed by atoms with Crippen LogP contribution in [0.4, 0.5) is 0 Å². The molecule has 0 unspecified atom stereocenters. The second kappa shape index (κ2) is 7.37. The molecule has 8 nitrogen and oxygen atoms in total. The number of nitrogens with one attached hydrogen (secondary N) is 1. The van der Waals surface area contributed by atoms with Gasteiger partial charge in [0.25, 0.3) is 0 Å². The topological polar surface area (TPSA) is 105 Å². The minimum absolute atomic E-state index is 0.139. The van der Waals surface area contributed by atoms with Crippen molar-refractivity contribution in [2.75, 3.05) is 13.2 Å². The maximum absolute atomic E-state index is 10.6. The summed E-state index contributed by atoms with van der Waals surface area (Å²) in [5.41, 5.74) is 0.611. The zero-order valence-corrected chi connectivity index (χ0v) is 13.5. The van der Waals surface area contributed by atoms with E-state index in [4.69, 9.17) is 21.7 Å². The third-order valence-corrected chi connectivity index (χ3v) is 3.73. The van der Waals surface area contributed by atoms with Crippen LogP contribution in [0.5, 0.6) is 5.75 Å². The minimum Gasteiger partial charge on any atom is -0.546 e. The quantitative estimate of drug-likeness (QED) is 0.612. The van der Waals surface area contributed by atoms with Crippen LogP contribution in [0.1, 0.15) is 30.3 Å². The number of ether oxygens (including phenoxy) is 2. The van der Waals surface area contributed by atoms with Crippen molar-refractivity contribution in [2.24, 2.45) is 5.10 Å². The van der Waals surface area contributed by atoms with Crippen LogP contribution in [-0.2, 0) is 9.53 Å². The highest BCUT2D eigenvalue weighted by Gasteiger charge is 2.23. The predicted molar refractivity (Wildman–Crippen MR) is 85.3 cm³/mol. The normalized spacial score (nSPS) is 17.4. The minimum atomic E-state index is -1.29. The Balaban J connectivity index is 1.85. The largest absolute Gasteiger partial charge is 0.546 e. The molecule has 24 heavy (non-hydrogen) atoms. The van der Waals surface area contributed by atoms with E-state index in [2.05, 4.69) is 15.3 Å². The van der Waals surface area contributed by atoms with Gasteiger partial charge in [-0.2, -0.15) is 14.9 Å². The molecule has 3 rings (SSSR count). The highest BCUT2D eigenvalue weighted by molar-refractivity contribution is 7.71. The van der Waals surface area contributed by atoms with Crippen molar-refractivity contribution in [2.45, 2.75) is 18.9 Å². The van der Waals surface area contributed by atoms with Gasteiger partial charge in [0.1, 0.15) is 18.5 Å². The molecule has 0 saturated carbocycles. The van der Waals surface area contributed by atoms with Gasteiger partial charge in [-0.05, 0) is 37.2 Å². The molecular formula is C15H15N4O4S-. The summed E-state index contributed by atoms with van der Waals surface area (Å²) in [6.45, 7) is 0.158. The van der Waals surface area contributed by atoms with E-state index in [9.17, 15) is 9.90 Å². The average Bonchev–Trinajstić information content (AvgIpc) is 3.21. The predicted octanol–water partition coefficient (Wildman–Crippen LogP) is 0.803. The van der Waals surface area contributed by atoms with Gasteiger partial charge in [-0.1, -0.05) is 12.1 Å². The molecule has 1 N–H and O–H groups in total. The van der Waals surface area contributed by atoms with E-state index in [1.807, 2.05) is 0 Å². The van der Waals surface area contributed by atoms with E-state index in [1.165, 1.54) is 10.9 Å². The number of aromatic amines is 1. The summed E-state index contributed by atoms with van der Waals surface area (Å²) in [4.78, 5) is 10.6. The van der Waals surface area contributed by atoms with Crippen LogP contribution < -0.4 is 9.84 Å². The number of rotatable bonds is 6. The second-order valence-electron chi connectivity index (χ2n) is 5.14. The van der Waals surface area contributed by atoms with Gasteiger partial charge in [0.2, 0.25) is 4.77 Å². The Morgan fingerprint density at radius 3 is 3.17 bits per heavy atom. The van der Waals surface area contributed by atoms with E-state index in [1.54, 1.807) is 24.3 Å². The molecule has 1 aromatic carbocycles. The Kier molecular flexibility index (Phi) is 5.02. The van der Waals surface area contributed by atoms with Gasteiger partial charge in [0.15, 0.2) is 5.82 Å². The number of hydrogen-bond donors (Lipinski definition) is 1. The smallest absolute Gasteiger partial charge is 0.216 e. The van der Waals surface area contributed by atoms with Crippen molar-refractivity contribution >= 4 is 24.4 Å². The lowest BCUT2D eigenvalue weighted by molar-refractivity contribution is -0.307. The summed E-state index contributed by atoms with van der Waals surface area (Å²) < 4.78 is 12.7. The third kappa shape index (κ3) is 3.69. The fourth-order valence-electron chi connectivity index (χ4n) is 2.38. The molecule has 1 fully saturated rings. The van der Waals surface area contributed by atoms with Gasteiger partial charge < -0.3 is 19.4 Å². The van der Waals surface area contributed by atoms with Gasteiger partial charge in [0.05, 0.1) is 12.2 Å². The van der Waals surface area contributed by atoms with Crippen LogP contribution >= 0.6 is 12.2 Å². The summed E-state index contributed by atoms with van der Waals surface area (Å²) in [6, 6.07) is 6.94. The van der Waals surface area contributed by atoms with Crippen LogP contribution in [0.15, 0.2) is 29.4 Å². The summed E-state index contributed by atoms with van der Waals surface area (Å²) in [6.07, 6.45) is 3.22. The molecule has 1 atom stereocenters. The maximum atomic E-state index is 10.6. The lowest BCUT2D eigenvalue weighted by Crippen LogP contribution is -2.29. The lowest BCUT2D eigenvalue weighted by atomic mass is 10.2. The van der Waals surface area contributed by atoms with E-state index in [-0.39, 0.29) is 6.10 Å². The standard InChI is InChI=1S/C15H16N4O4S/c20-13(21)9-23-11-5-2-1-4-10(11)8-16-19-14(17-18-15(19)24)12-6-3-7-22-12/h1-2,4-5,8,12H,3,6-7,9H2,(H,18,24)(H,20,21)/p-1/b16-8-/t12-/m0/s1. The zero-order chi connectivity index (χ0) is 16.9. The van der Waals surface area contributed by atoms with E-state index in [0.717, 1.165) is 12.8 Å². The highest BCUT2D eigenvalue weighted by atomic mass is 32.1. The first-order valence-corrected chi connectivity index (χ1v) is 7.81. The number of para-hydroxylation sites is 1. The third-order valence-electron chi connectivity index (χ3n) is 3.47. The number of nitrogens with zero attached hydrogens (tertiary/aromatic N) is 3. The Labute approximate surface area is 142 Å². The van der Waals surface area contributed by atoms with Crippen LogP contribution in [0, 0.1) is 4.77 Å². The molecule has 0 bridgehead atoms. The van der Waals surface area contributed by atoms with E-state index in [0.29, 0.717) is 28.5 Å². The molecular weight excluding hydrogens is 332 g/mol. The number of carboxylic acid groups (broad SMARTS) is 1. The number of hydrogen-bond acceptors (Lipinski definition) is 7. The molecule has 1 aliphatic rings. The first kappa shape index (κ1) is 16.3. The van der Waals surface area contributed by atoms with Gasteiger partial charge in [-0.3, -0.25) is 5.10 Å². The number of carboxylic acids is 1. The Morgan fingerprint density at radius 1 is 1.58 bits per heavy atom. The first-order chi connectivity index (χ1) is 11.6. The Hall–Kier alpha value is -2.52. The van der Waals surface area contributed by atoms with Crippen molar-refractivity contribution in [1.29, 1.82) is 0 Å². The molecule has 1 aromatic heterocycles. The first-order valence-electron chi connectivity index (χ1n) is 7.40. The number of aliphatic carboxylic acids is 1. The van der Waals surface area contributed by atoms with Crippen LogP contribution in [0.25, 0.3) is 0 Å². The number of carbonyl (C=O) groups excluding carboxylic acids is 1. The SMILES string of the molecule is O=C([O-])COc1ccccc1/C=N\n1c([C@@H]2CCCO2)n[nH]c1=S. The van der Waals surface area contributed by atoms with Crippen LogP contribution in [0.3, 0.4) is 0 Å². The van der Waals surface area contributed by atoms with Gasteiger partial charge in [-0.25, -0.2) is 0 Å². The number of carbonyl (C=O) groups is 1. The lowest BCUT2D eigenvalue weighted by Gasteiger charge is -2.10.